The number of rotatable bonds is 5. The topological polar surface area (TPSA) is 58.7 Å². The first-order valence-electron chi connectivity index (χ1n) is 7.35. The average molecular weight is 355 g/mol. The molecule has 0 amide bonds. The summed E-state index contributed by atoms with van der Waals surface area (Å²) in [6.07, 6.45) is 1.06. The Morgan fingerprint density at radius 3 is 2.20 bits per heavy atom. The molecule has 0 bridgehead atoms. The summed E-state index contributed by atoms with van der Waals surface area (Å²) in [5, 5.41) is 0. The molecule has 10 heteroatoms. The molecule has 118 valence electrons. The van der Waals surface area contributed by atoms with Crippen molar-refractivity contribution >= 4 is 36.4 Å². The van der Waals surface area contributed by atoms with Crippen LogP contribution in [0.3, 0.4) is 0 Å². The van der Waals surface area contributed by atoms with E-state index >= 15 is 0 Å². The van der Waals surface area contributed by atoms with Crippen LogP contribution in [-0.4, -0.2) is 55.4 Å². The quantitative estimate of drug-likeness (QED) is 0.539. The van der Waals surface area contributed by atoms with Gasteiger partial charge in [-0.1, -0.05) is 6.92 Å². The van der Waals surface area contributed by atoms with Crippen molar-refractivity contribution in [1.82, 2.24) is 0 Å². The van der Waals surface area contributed by atoms with Gasteiger partial charge in [0.05, 0.1) is 0 Å². The van der Waals surface area contributed by atoms with E-state index in [1.807, 2.05) is 6.55 Å². The Labute approximate surface area is 127 Å². The minimum atomic E-state index is -2.27. The van der Waals surface area contributed by atoms with Crippen LogP contribution in [0.1, 0.15) is 13.3 Å². The molecule has 2 aliphatic rings. The molecule has 0 aromatic carbocycles. The van der Waals surface area contributed by atoms with E-state index in [1.54, 1.807) is 0 Å². The maximum atomic E-state index is 6.21. The van der Waals surface area contributed by atoms with E-state index < -0.39 is 36.4 Å². The lowest BCUT2D eigenvalue weighted by atomic mass is 10.5. The highest BCUT2D eigenvalue weighted by molar-refractivity contribution is 6.81. The zero-order valence-electron chi connectivity index (χ0n) is 13.0. The first kappa shape index (κ1) is 17.0. The molecule has 6 nitrogen and oxygen atoms in total. The second-order valence-electron chi connectivity index (χ2n) is 5.46. The van der Waals surface area contributed by atoms with E-state index in [1.165, 1.54) is 0 Å². The van der Waals surface area contributed by atoms with Crippen LogP contribution < -0.4 is 0 Å². The number of ether oxygens (including phenoxy) is 2. The largest absolute Gasteiger partial charge is 0.420 e. The second kappa shape index (κ2) is 7.26. The fraction of sp³-hybridized carbons (Fsp3) is 1.00. The van der Waals surface area contributed by atoms with Crippen LogP contribution in [0.2, 0.25) is 32.2 Å². The van der Waals surface area contributed by atoms with Gasteiger partial charge in [0.2, 0.25) is 0 Å². The van der Waals surface area contributed by atoms with Crippen molar-refractivity contribution in [3.8, 4) is 0 Å². The smallest absolute Gasteiger partial charge is 0.319 e. The first-order chi connectivity index (χ1) is 9.42. The Hall–Kier alpha value is 0.628. The van der Waals surface area contributed by atoms with E-state index in [9.17, 15) is 0 Å². The zero-order chi connectivity index (χ0) is 14.8. The van der Waals surface area contributed by atoms with Gasteiger partial charge in [-0.2, -0.15) is 0 Å². The summed E-state index contributed by atoms with van der Waals surface area (Å²) in [7, 11) is -7.12. The molecule has 0 N–H and O–H groups in total. The van der Waals surface area contributed by atoms with E-state index in [0.29, 0.717) is 0 Å². The molecule has 2 heterocycles. The van der Waals surface area contributed by atoms with Crippen LogP contribution in [0.15, 0.2) is 0 Å². The lowest BCUT2D eigenvalue weighted by molar-refractivity contribution is 0.0507. The summed E-state index contributed by atoms with van der Waals surface area (Å²) in [5.41, 5.74) is 0. The van der Waals surface area contributed by atoms with Gasteiger partial charge >= 0.3 is 8.56 Å². The van der Waals surface area contributed by atoms with Crippen molar-refractivity contribution < 1.29 is 25.9 Å². The molecule has 2 fully saturated rings. The Morgan fingerprint density at radius 2 is 1.65 bits per heavy atom. The zero-order valence-corrected chi connectivity index (χ0v) is 17.4. The van der Waals surface area contributed by atoms with Crippen LogP contribution >= 0.6 is 0 Å². The lowest BCUT2D eigenvalue weighted by Crippen LogP contribution is -2.53. The molecular weight excluding hydrogens is 328 g/mol. The lowest BCUT2D eigenvalue weighted by Gasteiger charge is -2.36. The van der Waals surface area contributed by atoms with Gasteiger partial charge in [-0.25, -0.2) is 0 Å². The Bertz CT molecular complexity index is 308. The highest BCUT2D eigenvalue weighted by Gasteiger charge is 2.50. The Kier molecular flexibility index (Phi) is 6.17. The van der Waals surface area contributed by atoms with E-state index in [-0.39, 0.29) is 12.4 Å². The van der Waals surface area contributed by atoms with Crippen LogP contribution in [-0.2, 0) is 25.9 Å². The third-order valence-electron chi connectivity index (χ3n) is 3.19. The molecule has 0 saturated carbocycles. The molecule has 20 heavy (non-hydrogen) atoms. The van der Waals surface area contributed by atoms with Gasteiger partial charge in [0.25, 0.3) is 27.9 Å². The molecule has 4 atom stereocenters. The molecule has 0 aromatic heterocycles. The second-order valence-corrected chi connectivity index (χ2v) is 15.6. The summed E-state index contributed by atoms with van der Waals surface area (Å²) in [4.78, 5) is 0. The number of hydrogen-bond acceptors (Lipinski definition) is 6. The van der Waals surface area contributed by atoms with Gasteiger partial charge in [-0.05, 0) is 32.6 Å². The highest BCUT2D eigenvalue weighted by Crippen LogP contribution is 2.33. The molecule has 0 aromatic rings. The molecule has 2 rings (SSSR count). The van der Waals surface area contributed by atoms with Crippen LogP contribution in [0, 0.1) is 0 Å². The monoisotopic (exact) mass is 354 g/mol. The minimum Gasteiger partial charge on any atom is -0.420 e. The molecule has 4 unspecified atom stereocenters. The Balaban J connectivity index is 1.87. The van der Waals surface area contributed by atoms with E-state index in [4.69, 9.17) is 25.9 Å². The predicted octanol–water partition coefficient (Wildman–Crippen LogP) is 0.841. The van der Waals surface area contributed by atoms with Crippen LogP contribution in [0.25, 0.3) is 0 Å². The van der Waals surface area contributed by atoms with Crippen LogP contribution in [0.5, 0.6) is 0 Å². The maximum Gasteiger partial charge on any atom is 0.319 e. The summed E-state index contributed by atoms with van der Waals surface area (Å²) in [6, 6.07) is 0.804. The fourth-order valence-corrected chi connectivity index (χ4v) is 17.2. The van der Waals surface area contributed by atoms with Gasteiger partial charge < -0.3 is 25.9 Å². The van der Waals surface area contributed by atoms with Gasteiger partial charge in [0.1, 0.15) is 6.10 Å². The highest BCUT2D eigenvalue weighted by atomic mass is 28.5. The molecule has 0 spiro atoms. The molecule has 2 saturated heterocycles. The van der Waals surface area contributed by atoms with Gasteiger partial charge in [0, 0.05) is 12.7 Å². The molecule has 0 aliphatic carbocycles. The molecule has 0 radical (unpaired) electrons. The summed E-state index contributed by atoms with van der Waals surface area (Å²) in [5.74, 6) is 0. The number of hydrogen-bond donors (Lipinski definition) is 0. The van der Waals surface area contributed by atoms with Crippen molar-refractivity contribution in [2.24, 2.45) is 0 Å². The Morgan fingerprint density at radius 1 is 1.05 bits per heavy atom. The normalized spacial score (nSPS) is 45.8. The standard InChI is InChI=1S/C10H26O6Si4/c1-6-7-11-10-9(12-10)8-20(5)15-18(3)13-17(2)14-19(4)16-20/h9-10,17-19H,6-8H2,1-5H3. The maximum absolute atomic E-state index is 6.21. The third kappa shape index (κ3) is 5.12. The summed E-state index contributed by atoms with van der Waals surface area (Å²) < 4.78 is 35.4. The first-order valence-corrected chi connectivity index (χ1v) is 16.2. The van der Waals surface area contributed by atoms with Gasteiger partial charge in [-0.3, -0.25) is 0 Å². The van der Waals surface area contributed by atoms with Crippen molar-refractivity contribution in [2.75, 3.05) is 6.61 Å². The predicted molar refractivity (Wildman–Crippen MR) is 84.7 cm³/mol. The third-order valence-corrected chi connectivity index (χ3v) is 17.1. The molecule has 2 aliphatic heterocycles. The fourth-order valence-electron chi connectivity index (χ4n) is 2.47. The van der Waals surface area contributed by atoms with Crippen LogP contribution in [0.4, 0.5) is 0 Å². The van der Waals surface area contributed by atoms with Crippen molar-refractivity contribution in [3.05, 3.63) is 0 Å². The number of epoxide rings is 1. The molecular formula is C10H26O6Si4. The summed E-state index contributed by atoms with van der Waals surface area (Å²) >= 11 is 0. The SMILES string of the molecule is CCCOC1OC1C[Si]1(C)O[SiH](C)O[SiH](C)O[SiH](C)O1. The van der Waals surface area contributed by atoms with Crippen molar-refractivity contribution in [2.45, 2.75) is 58.0 Å². The van der Waals surface area contributed by atoms with Crippen molar-refractivity contribution in [3.63, 3.8) is 0 Å². The van der Waals surface area contributed by atoms with Gasteiger partial charge in [0.15, 0.2) is 6.29 Å². The average Bonchev–Trinajstić information content (AvgIpc) is 3.01. The van der Waals surface area contributed by atoms with E-state index in [2.05, 4.69) is 26.6 Å². The summed E-state index contributed by atoms with van der Waals surface area (Å²) in [6.45, 7) is 11.1. The van der Waals surface area contributed by atoms with E-state index in [0.717, 1.165) is 19.1 Å². The van der Waals surface area contributed by atoms with Gasteiger partial charge in [-0.15, -0.1) is 0 Å². The minimum absolute atomic E-state index is 0.0685. The van der Waals surface area contributed by atoms with Crippen molar-refractivity contribution in [1.29, 1.82) is 0 Å².